The Morgan fingerprint density at radius 1 is 1.10 bits per heavy atom. The minimum absolute atomic E-state index is 0.0486. The van der Waals surface area contributed by atoms with Gasteiger partial charge in [-0.25, -0.2) is 0 Å². The molecule has 3 nitrogen and oxygen atoms in total. The Kier molecular flexibility index (Phi) is 5.39. The lowest BCUT2D eigenvalue weighted by Gasteiger charge is -2.06. The number of hydrogen-bond donors (Lipinski definition) is 1. The predicted molar refractivity (Wildman–Crippen MR) is 84.4 cm³/mol. The van der Waals surface area contributed by atoms with Crippen LogP contribution < -0.4 is 0 Å². The Morgan fingerprint density at radius 2 is 1.76 bits per heavy atom. The van der Waals surface area contributed by atoms with Crippen LogP contribution in [0, 0.1) is 0 Å². The molecule has 1 unspecified atom stereocenters. The fraction of sp³-hybridized carbons (Fsp3) is 0.133. The van der Waals surface area contributed by atoms with Crippen LogP contribution in [-0.4, -0.2) is 15.3 Å². The molecule has 0 bridgehead atoms. The lowest BCUT2D eigenvalue weighted by atomic mass is 10.2. The molecule has 1 atom stereocenters. The molecule has 0 amide bonds. The molecule has 0 radical (unpaired) electrons. The molecule has 6 heteroatoms. The van der Waals surface area contributed by atoms with E-state index in [0.29, 0.717) is 20.5 Å². The van der Waals surface area contributed by atoms with Crippen molar-refractivity contribution in [3.63, 3.8) is 0 Å². The average Bonchev–Trinajstić information content (AvgIpc) is 2.43. The highest BCUT2D eigenvalue weighted by Gasteiger charge is 2.09. The Labute approximate surface area is 135 Å². The van der Waals surface area contributed by atoms with E-state index in [1.807, 2.05) is 0 Å². The first-order valence-electron chi connectivity index (χ1n) is 6.09. The number of benzene rings is 2. The van der Waals surface area contributed by atoms with Crippen molar-refractivity contribution < 1.29 is 14.1 Å². The van der Waals surface area contributed by atoms with Gasteiger partial charge in [0.25, 0.3) is 0 Å². The molecule has 0 aliphatic heterocycles. The highest BCUT2D eigenvalue weighted by molar-refractivity contribution is 7.84. The highest BCUT2D eigenvalue weighted by Crippen LogP contribution is 2.23. The maximum atomic E-state index is 12.3. The Hall–Kier alpha value is -1.36. The number of carbonyl (C=O) groups is 1. The van der Waals surface area contributed by atoms with E-state index in [0.717, 1.165) is 5.56 Å². The number of aliphatic carboxylic acids is 1. The van der Waals surface area contributed by atoms with Gasteiger partial charge < -0.3 is 5.11 Å². The molecule has 2 rings (SSSR count). The van der Waals surface area contributed by atoms with Gasteiger partial charge in [0.05, 0.1) is 23.0 Å². The lowest BCUT2D eigenvalue weighted by Crippen LogP contribution is -2.01. The summed E-state index contributed by atoms with van der Waals surface area (Å²) in [7, 11) is -1.26. The molecule has 21 heavy (non-hydrogen) atoms. The van der Waals surface area contributed by atoms with Gasteiger partial charge in [0.2, 0.25) is 0 Å². The summed E-state index contributed by atoms with van der Waals surface area (Å²) in [5.74, 6) is -0.632. The van der Waals surface area contributed by atoms with Gasteiger partial charge in [0.1, 0.15) is 0 Å². The van der Waals surface area contributed by atoms with E-state index in [1.54, 1.807) is 42.5 Å². The third kappa shape index (κ3) is 4.56. The zero-order valence-electron chi connectivity index (χ0n) is 10.9. The first-order chi connectivity index (χ1) is 9.95. The Bertz CT molecular complexity index is 684. The van der Waals surface area contributed by atoms with Crippen molar-refractivity contribution in [3.8, 4) is 0 Å². The second kappa shape index (κ2) is 7.07. The highest BCUT2D eigenvalue weighted by atomic mass is 35.5. The van der Waals surface area contributed by atoms with E-state index in [2.05, 4.69) is 0 Å². The van der Waals surface area contributed by atoms with Gasteiger partial charge in [0.15, 0.2) is 0 Å². The molecule has 0 fully saturated rings. The molecule has 0 heterocycles. The maximum Gasteiger partial charge on any atom is 0.307 e. The molecule has 0 aliphatic carbocycles. The Balaban J connectivity index is 2.13. The van der Waals surface area contributed by atoms with Gasteiger partial charge in [-0.3, -0.25) is 9.00 Å². The first kappa shape index (κ1) is 16.0. The molecule has 0 aromatic heterocycles. The van der Waals surface area contributed by atoms with Crippen LogP contribution in [0.25, 0.3) is 0 Å². The van der Waals surface area contributed by atoms with Gasteiger partial charge in [-0.15, -0.1) is 0 Å². The topological polar surface area (TPSA) is 54.4 Å². The summed E-state index contributed by atoms with van der Waals surface area (Å²) in [6, 6.07) is 11.7. The zero-order valence-corrected chi connectivity index (χ0v) is 13.2. The minimum Gasteiger partial charge on any atom is -0.481 e. The Morgan fingerprint density at radius 3 is 2.38 bits per heavy atom. The van der Waals surface area contributed by atoms with Gasteiger partial charge >= 0.3 is 5.97 Å². The summed E-state index contributed by atoms with van der Waals surface area (Å²) in [6.07, 6.45) is -0.0486. The van der Waals surface area contributed by atoms with E-state index in [-0.39, 0.29) is 12.2 Å². The monoisotopic (exact) mass is 342 g/mol. The van der Waals surface area contributed by atoms with Crippen molar-refractivity contribution in [1.82, 2.24) is 0 Å². The van der Waals surface area contributed by atoms with E-state index in [1.165, 1.54) is 0 Å². The maximum absolute atomic E-state index is 12.3. The molecule has 0 aliphatic rings. The standard InChI is InChI=1S/C15H12Cl2O3S/c16-12-3-6-14(17)11(8-12)9-21(20)13-4-1-10(2-5-13)7-15(18)19/h1-6,8H,7,9H2,(H,18,19). The summed E-state index contributed by atoms with van der Waals surface area (Å²) in [5.41, 5.74) is 1.39. The van der Waals surface area contributed by atoms with Crippen LogP contribution >= 0.6 is 23.2 Å². The number of hydrogen-bond acceptors (Lipinski definition) is 2. The quantitative estimate of drug-likeness (QED) is 0.895. The lowest BCUT2D eigenvalue weighted by molar-refractivity contribution is -0.136. The number of carboxylic acid groups (broad SMARTS) is 1. The fourth-order valence-corrected chi connectivity index (χ4v) is 3.40. The number of halogens is 2. The van der Waals surface area contributed by atoms with Crippen molar-refractivity contribution in [3.05, 3.63) is 63.6 Å². The summed E-state index contributed by atoms with van der Waals surface area (Å²) in [4.78, 5) is 11.2. The normalized spacial score (nSPS) is 12.1. The van der Waals surface area contributed by atoms with Gasteiger partial charge in [-0.1, -0.05) is 35.3 Å². The molecule has 2 aromatic carbocycles. The molecule has 110 valence electrons. The van der Waals surface area contributed by atoms with Crippen LogP contribution in [0.3, 0.4) is 0 Å². The smallest absolute Gasteiger partial charge is 0.307 e. The average molecular weight is 343 g/mol. The van der Waals surface area contributed by atoms with Crippen molar-refractivity contribution in [2.45, 2.75) is 17.1 Å². The van der Waals surface area contributed by atoms with Crippen molar-refractivity contribution in [1.29, 1.82) is 0 Å². The summed E-state index contributed by atoms with van der Waals surface area (Å²) in [5, 5.41) is 9.78. The number of rotatable bonds is 5. The van der Waals surface area contributed by atoms with Crippen LogP contribution in [0.4, 0.5) is 0 Å². The van der Waals surface area contributed by atoms with Gasteiger partial charge in [-0.05, 0) is 41.5 Å². The largest absolute Gasteiger partial charge is 0.481 e. The van der Waals surface area contributed by atoms with E-state index < -0.39 is 16.8 Å². The van der Waals surface area contributed by atoms with Crippen molar-refractivity contribution in [2.75, 3.05) is 0 Å². The van der Waals surface area contributed by atoms with Crippen LogP contribution in [-0.2, 0) is 27.8 Å². The summed E-state index contributed by atoms with van der Waals surface area (Å²) in [6.45, 7) is 0. The van der Waals surface area contributed by atoms with E-state index in [4.69, 9.17) is 28.3 Å². The summed E-state index contributed by atoms with van der Waals surface area (Å²) >= 11 is 12.0. The molecule has 1 N–H and O–H groups in total. The van der Waals surface area contributed by atoms with Crippen molar-refractivity contribution >= 4 is 40.0 Å². The van der Waals surface area contributed by atoms with Crippen molar-refractivity contribution in [2.24, 2.45) is 0 Å². The molecule has 0 spiro atoms. The third-order valence-corrected chi connectivity index (χ3v) is 4.81. The molecular weight excluding hydrogens is 331 g/mol. The predicted octanol–water partition coefficient (Wildman–Crippen LogP) is 3.93. The van der Waals surface area contributed by atoms with E-state index >= 15 is 0 Å². The van der Waals surface area contributed by atoms with Crippen LogP contribution in [0.15, 0.2) is 47.4 Å². The molecule has 0 saturated carbocycles. The SMILES string of the molecule is O=C(O)Cc1ccc(S(=O)Cc2cc(Cl)ccc2Cl)cc1. The zero-order chi connectivity index (χ0) is 15.4. The molecular formula is C15H12Cl2O3S. The molecule has 2 aromatic rings. The fourth-order valence-electron chi connectivity index (χ4n) is 1.81. The van der Waals surface area contributed by atoms with Crippen LogP contribution in [0.1, 0.15) is 11.1 Å². The second-order valence-corrected chi connectivity index (χ2v) is 6.73. The third-order valence-electron chi connectivity index (χ3n) is 2.84. The van der Waals surface area contributed by atoms with Gasteiger partial charge in [0, 0.05) is 14.9 Å². The van der Waals surface area contributed by atoms with Crippen LogP contribution in [0.2, 0.25) is 10.0 Å². The molecule has 0 saturated heterocycles. The second-order valence-electron chi connectivity index (χ2n) is 4.44. The van der Waals surface area contributed by atoms with Gasteiger partial charge in [-0.2, -0.15) is 0 Å². The minimum atomic E-state index is -1.26. The number of carboxylic acids is 1. The summed E-state index contributed by atoms with van der Waals surface area (Å²) < 4.78 is 12.3. The van der Waals surface area contributed by atoms with Crippen LogP contribution in [0.5, 0.6) is 0 Å². The first-order valence-corrected chi connectivity index (χ1v) is 8.16. The van der Waals surface area contributed by atoms with E-state index in [9.17, 15) is 9.00 Å².